The zero-order valence-electron chi connectivity index (χ0n) is 11.1. The smallest absolute Gasteiger partial charge is 0.142 e. The van der Waals surface area contributed by atoms with Crippen LogP contribution < -0.4 is 5.32 Å². The Hall–Kier alpha value is -0.170. The average molecular weight is 424 g/mol. The topological polar surface area (TPSA) is 12.0 Å². The number of halogens is 3. The van der Waals surface area contributed by atoms with Crippen LogP contribution in [-0.2, 0) is 6.42 Å². The van der Waals surface area contributed by atoms with Gasteiger partial charge in [-0.15, -0.1) is 11.3 Å². The first-order valence-corrected chi connectivity index (χ1v) is 8.85. The Morgan fingerprint density at radius 1 is 1.40 bits per heavy atom. The van der Waals surface area contributed by atoms with Gasteiger partial charge in [0.1, 0.15) is 5.82 Å². The van der Waals surface area contributed by atoms with E-state index in [4.69, 9.17) is 11.6 Å². The van der Waals surface area contributed by atoms with Crippen molar-refractivity contribution in [2.45, 2.75) is 25.8 Å². The van der Waals surface area contributed by atoms with E-state index in [0.29, 0.717) is 0 Å². The van der Waals surface area contributed by atoms with E-state index < -0.39 is 0 Å². The first-order chi connectivity index (χ1) is 9.60. The minimum Gasteiger partial charge on any atom is -0.310 e. The molecule has 1 aromatic carbocycles. The van der Waals surface area contributed by atoms with Gasteiger partial charge in [-0.05, 0) is 76.7 Å². The highest BCUT2D eigenvalue weighted by atomic mass is 127. The molecule has 0 spiro atoms. The summed E-state index contributed by atoms with van der Waals surface area (Å²) in [4.78, 5) is 0. The quantitative estimate of drug-likeness (QED) is 0.611. The van der Waals surface area contributed by atoms with Gasteiger partial charge in [-0.2, -0.15) is 0 Å². The number of hydrogen-bond acceptors (Lipinski definition) is 2. The summed E-state index contributed by atoms with van der Waals surface area (Å²) in [6.07, 6.45) is 1.84. The Labute approximate surface area is 141 Å². The van der Waals surface area contributed by atoms with Gasteiger partial charge in [0.05, 0.1) is 7.91 Å². The molecule has 0 aliphatic rings. The maximum Gasteiger partial charge on any atom is 0.142 e. The highest BCUT2D eigenvalue weighted by molar-refractivity contribution is 14.1. The van der Waals surface area contributed by atoms with Crippen molar-refractivity contribution in [1.82, 2.24) is 5.32 Å². The molecule has 0 saturated heterocycles. The third kappa shape index (κ3) is 4.41. The van der Waals surface area contributed by atoms with Crippen LogP contribution >= 0.6 is 45.5 Å². The van der Waals surface area contributed by atoms with Gasteiger partial charge in [-0.1, -0.05) is 24.6 Å². The molecule has 1 unspecified atom stereocenters. The summed E-state index contributed by atoms with van der Waals surface area (Å²) in [5.41, 5.74) is 2.23. The van der Waals surface area contributed by atoms with Crippen molar-refractivity contribution in [1.29, 1.82) is 0 Å². The molecule has 0 amide bonds. The van der Waals surface area contributed by atoms with Crippen LogP contribution in [0.5, 0.6) is 0 Å². The first kappa shape index (κ1) is 16.2. The van der Waals surface area contributed by atoms with Gasteiger partial charge in [-0.25, -0.2) is 4.39 Å². The van der Waals surface area contributed by atoms with E-state index in [1.165, 1.54) is 14.5 Å². The van der Waals surface area contributed by atoms with E-state index in [0.717, 1.165) is 24.9 Å². The Balaban J connectivity index is 2.16. The van der Waals surface area contributed by atoms with Gasteiger partial charge in [-0.3, -0.25) is 0 Å². The van der Waals surface area contributed by atoms with E-state index in [1.807, 2.05) is 6.07 Å². The van der Waals surface area contributed by atoms with Gasteiger partial charge >= 0.3 is 0 Å². The SMILES string of the molecule is CCCNC(Cc1ccc(Cl)c(F)c1)c1csc(I)c1. The van der Waals surface area contributed by atoms with Gasteiger partial charge in [0, 0.05) is 6.04 Å². The van der Waals surface area contributed by atoms with Crippen molar-refractivity contribution in [3.63, 3.8) is 0 Å². The average Bonchev–Trinajstić information content (AvgIpc) is 2.85. The van der Waals surface area contributed by atoms with Crippen LogP contribution in [0.15, 0.2) is 29.6 Å². The Bertz CT molecular complexity index is 573. The summed E-state index contributed by atoms with van der Waals surface area (Å²) >= 11 is 9.79. The van der Waals surface area contributed by atoms with Crippen molar-refractivity contribution < 1.29 is 4.39 Å². The minimum absolute atomic E-state index is 0.178. The fourth-order valence-electron chi connectivity index (χ4n) is 2.03. The molecule has 1 N–H and O–H groups in total. The largest absolute Gasteiger partial charge is 0.310 e. The number of benzene rings is 1. The zero-order chi connectivity index (χ0) is 14.5. The normalized spacial score (nSPS) is 12.6. The van der Waals surface area contributed by atoms with Crippen molar-refractivity contribution in [2.75, 3.05) is 6.54 Å². The second-order valence-corrected chi connectivity index (χ2v) is 7.86. The van der Waals surface area contributed by atoms with E-state index in [1.54, 1.807) is 17.4 Å². The fourth-order valence-corrected chi connectivity index (χ4v) is 3.58. The summed E-state index contributed by atoms with van der Waals surface area (Å²) in [5.74, 6) is -0.349. The molecule has 1 heterocycles. The molecule has 2 rings (SSSR count). The van der Waals surface area contributed by atoms with Crippen LogP contribution in [-0.4, -0.2) is 6.54 Å². The molecule has 20 heavy (non-hydrogen) atoms. The molecule has 1 aromatic heterocycles. The molecule has 0 aliphatic heterocycles. The predicted octanol–water partition coefficient (Wildman–Crippen LogP) is 5.43. The van der Waals surface area contributed by atoms with Crippen molar-refractivity contribution >= 4 is 45.5 Å². The van der Waals surface area contributed by atoms with Gasteiger partial charge in [0.25, 0.3) is 0 Å². The van der Waals surface area contributed by atoms with Crippen molar-refractivity contribution in [2.24, 2.45) is 0 Å². The predicted molar refractivity (Wildman–Crippen MR) is 93.2 cm³/mol. The Morgan fingerprint density at radius 2 is 2.20 bits per heavy atom. The lowest BCUT2D eigenvalue weighted by atomic mass is 10.0. The third-order valence-electron chi connectivity index (χ3n) is 3.05. The molecule has 0 fully saturated rings. The maximum atomic E-state index is 13.5. The van der Waals surface area contributed by atoms with Crippen LogP contribution in [0.25, 0.3) is 0 Å². The lowest BCUT2D eigenvalue weighted by molar-refractivity contribution is 0.528. The second kappa shape index (κ2) is 7.73. The van der Waals surface area contributed by atoms with E-state index >= 15 is 0 Å². The molecular weight excluding hydrogens is 408 g/mol. The van der Waals surface area contributed by atoms with E-state index in [-0.39, 0.29) is 16.9 Å². The molecule has 0 bridgehead atoms. The number of rotatable bonds is 6. The molecule has 0 aliphatic carbocycles. The zero-order valence-corrected chi connectivity index (χ0v) is 14.9. The molecule has 1 nitrogen and oxygen atoms in total. The van der Waals surface area contributed by atoms with Crippen molar-refractivity contribution in [3.8, 4) is 0 Å². The lowest BCUT2D eigenvalue weighted by Crippen LogP contribution is -2.23. The second-order valence-electron chi connectivity index (χ2n) is 4.64. The molecule has 108 valence electrons. The standard InChI is InChI=1S/C15H16ClFINS/c1-2-5-19-14(11-8-15(18)20-9-11)7-10-3-4-12(16)13(17)6-10/h3-4,6,8-9,14,19H,2,5,7H2,1H3. The molecule has 5 heteroatoms. The fraction of sp³-hybridized carbons (Fsp3) is 0.333. The third-order valence-corrected chi connectivity index (χ3v) is 5.17. The van der Waals surface area contributed by atoms with Crippen LogP contribution in [0, 0.1) is 8.70 Å². The highest BCUT2D eigenvalue weighted by Crippen LogP contribution is 2.26. The summed E-state index contributed by atoms with van der Waals surface area (Å²) in [5, 5.41) is 5.88. The number of nitrogens with one attached hydrogen (secondary N) is 1. The number of hydrogen-bond donors (Lipinski definition) is 1. The Morgan fingerprint density at radius 3 is 2.80 bits per heavy atom. The minimum atomic E-state index is -0.349. The monoisotopic (exact) mass is 423 g/mol. The van der Waals surface area contributed by atoms with Crippen LogP contribution in [0.1, 0.15) is 30.5 Å². The van der Waals surface area contributed by atoms with E-state index in [2.05, 4.69) is 46.3 Å². The highest BCUT2D eigenvalue weighted by Gasteiger charge is 2.14. The first-order valence-electron chi connectivity index (χ1n) is 6.51. The molecule has 1 atom stereocenters. The van der Waals surface area contributed by atoms with Gasteiger partial charge in [0.2, 0.25) is 0 Å². The summed E-state index contributed by atoms with van der Waals surface area (Å²) in [6, 6.07) is 7.45. The summed E-state index contributed by atoms with van der Waals surface area (Å²) in [7, 11) is 0. The van der Waals surface area contributed by atoms with Crippen LogP contribution in [0.3, 0.4) is 0 Å². The molecular formula is C15H16ClFINS. The number of thiophene rings is 1. The van der Waals surface area contributed by atoms with Gasteiger partial charge in [0.15, 0.2) is 0 Å². The van der Waals surface area contributed by atoms with E-state index in [9.17, 15) is 4.39 Å². The maximum absolute atomic E-state index is 13.5. The molecule has 0 radical (unpaired) electrons. The summed E-state index contributed by atoms with van der Waals surface area (Å²) < 4.78 is 14.8. The summed E-state index contributed by atoms with van der Waals surface area (Å²) in [6.45, 7) is 3.09. The molecule has 0 saturated carbocycles. The van der Waals surface area contributed by atoms with Crippen molar-refractivity contribution in [3.05, 3.63) is 54.5 Å². The van der Waals surface area contributed by atoms with Gasteiger partial charge < -0.3 is 5.32 Å². The Kier molecular flexibility index (Phi) is 6.26. The van der Waals surface area contributed by atoms with Crippen LogP contribution in [0.2, 0.25) is 5.02 Å². The lowest BCUT2D eigenvalue weighted by Gasteiger charge is -2.18. The van der Waals surface area contributed by atoms with Crippen LogP contribution in [0.4, 0.5) is 4.39 Å². The molecule has 2 aromatic rings.